The van der Waals surface area contributed by atoms with Crippen LogP contribution in [0.25, 0.3) is 44.1 Å². The Hall–Kier alpha value is -11.5. The number of ether oxygens (including phenoxy) is 3. The monoisotopic (exact) mass is 1490 g/mol. The minimum atomic E-state index is -1.90. The maximum absolute atomic E-state index is 12.8. The van der Waals surface area contributed by atoms with Gasteiger partial charge in [-0.15, -0.1) is 0 Å². The molecule has 0 bridgehead atoms. The third-order valence-electron chi connectivity index (χ3n) is 16.0. The lowest BCUT2D eigenvalue weighted by Crippen LogP contribution is -2.61. The average Bonchev–Trinajstić information content (AvgIpc) is 1.58. The van der Waals surface area contributed by atoms with Crippen molar-refractivity contribution in [2.75, 3.05) is 115 Å². The quantitative estimate of drug-likeness (QED) is 0.0681. The fraction of sp³-hybridized carbons (Fsp3) is 0.476. The third-order valence-corrected chi connectivity index (χ3v) is 16.0. The maximum atomic E-state index is 12.8. The number of amides is 7. The SMILES string of the molecule is CN1CCN(C)C1=O.CNCCN(C)C(=O)n1ccc2c(C)ncnc21.Cc1ncnc2[nH]ccc12.Cc1ncnc2c1ccn2C(=O)N(C)CCN(C)C(=O)O.Cc1ncnc2c1ccn2C(=O)N(C)CCN(C)C(=O)O[C@@H]1O[C@H](C(=O)O)[C@@H](O)[C@H](O)[C@H]1O.O=C=O.O=C=O.OC1OC[C@@H](O)[C@H](O)[C@H]1O. The molecular weight excluding hydrogens is 1400 g/mol. The molecule has 0 saturated carbocycles. The predicted octanol–water partition coefficient (Wildman–Crippen LogP) is -1.79. The molecule has 1 unspecified atom stereocenters. The van der Waals surface area contributed by atoms with Crippen molar-refractivity contribution in [2.24, 2.45) is 0 Å². The number of aliphatic carboxylic acids is 1. The number of carbonyl (C=O) groups excluding carboxylic acids is 9. The molecule has 43 nitrogen and oxygen atoms in total. The van der Waals surface area contributed by atoms with E-state index in [0.29, 0.717) is 30.0 Å². The number of nitrogens with one attached hydrogen (secondary N) is 2. The Balaban J connectivity index is 0.000000282. The van der Waals surface area contributed by atoms with Crippen molar-refractivity contribution in [1.82, 2.24) is 98.2 Å². The van der Waals surface area contributed by atoms with Crippen molar-refractivity contribution in [3.05, 3.63) is 97.1 Å². The summed E-state index contributed by atoms with van der Waals surface area (Å²) in [4.78, 5) is 161. The largest absolute Gasteiger partial charge is 0.479 e. The number of aromatic nitrogens is 12. The lowest BCUT2D eigenvalue weighted by molar-refractivity contribution is -0.279. The summed E-state index contributed by atoms with van der Waals surface area (Å²) >= 11 is 0. The molecule has 8 aromatic heterocycles. The minimum Gasteiger partial charge on any atom is -0.479 e. The number of aliphatic hydroxyl groups is 7. The van der Waals surface area contributed by atoms with Gasteiger partial charge in [0.05, 0.1) is 29.4 Å². The second-order valence-corrected chi connectivity index (χ2v) is 23.4. The Morgan fingerprint density at radius 1 is 0.547 bits per heavy atom. The molecule has 8 aromatic rings. The average molecular weight is 1490 g/mol. The number of fused-ring (bicyclic) bond motifs is 4. The molecule has 3 aliphatic rings. The third kappa shape index (κ3) is 23.5. The lowest BCUT2D eigenvalue weighted by Gasteiger charge is -2.38. The van der Waals surface area contributed by atoms with Gasteiger partial charge in [-0.3, -0.25) is 13.7 Å². The number of rotatable bonds is 11. The molecule has 576 valence electrons. The lowest BCUT2D eigenvalue weighted by atomic mass is 9.99. The Labute approximate surface area is 603 Å². The van der Waals surface area contributed by atoms with E-state index in [1.54, 1.807) is 77.3 Å². The van der Waals surface area contributed by atoms with Crippen molar-refractivity contribution >= 4 is 98.7 Å². The first-order valence-corrected chi connectivity index (χ1v) is 31.7. The molecule has 9 atom stereocenters. The van der Waals surface area contributed by atoms with Crippen LogP contribution in [0.3, 0.4) is 0 Å². The van der Waals surface area contributed by atoms with Crippen LogP contribution >= 0.6 is 0 Å². The highest BCUT2D eigenvalue weighted by atomic mass is 16.7. The van der Waals surface area contributed by atoms with E-state index in [0.717, 1.165) is 79.4 Å². The summed E-state index contributed by atoms with van der Waals surface area (Å²) in [5.41, 5.74) is 5.99. The zero-order valence-electron chi connectivity index (χ0n) is 59.8. The fourth-order valence-corrected chi connectivity index (χ4v) is 9.52. The molecule has 0 radical (unpaired) electrons. The molecule has 3 saturated heterocycles. The number of aliphatic hydroxyl groups excluding tert-OH is 7. The molecule has 11 heterocycles. The summed E-state index contributed by atoms with van der Waals surface area (Å²) in [6.07, 6.45) is -3.46. The number of aryl methyl sites for hydroxylation is 4. The summed E-state index contributed by atoms with van der Waals surface area (Å²) in [6, 6.07) is 6.76. The van der Waals surface area contributed by atoms with E-state index < -0.39 is 79.5 Å². The Morgan fingerprint density at radius 2 is 0.943 bits per heavy atom. The van der Waals surface area contributed by atoms with Crippen LogP contribution in [0.5, 0.6) is 0 Å². The van der Waals surface area contributed by atoms with Crippen LogP contribution in [0, 0.1) is 27.7 Å². The van der Waals surface area contributed by atoms with E-state index in [1.807, 2.05) is 60.2 Å². The van der Waals surface area contributed by atoms with Gasteiger partial charge in [-0.25, -0.2) is 73.4 Å². The van der Waals surface area contributed by atoms with Gasteiger partial charge in [0.25, 0.3) is 0 Å². The highest BCUT2D eigenvalue weighted by Gasteiger charge is 2.49. The number of aromatic amines is 1. The molecule has 106 heavy (non-hydrogen) atoms. The number of H-pyrrole nitrogens is 1. The molecule has 7 amide bonds. The first kappa shape index (κ1) is 86.9. The van der Waals surface area contributed by atoms with Crippen molar-refractivity contribution in [3.8, 4) is 0 Å². The van der Waals surface area contributed by atoms with Crippen molar-refractivity contribution in [1.29, 1.82) is 0 Å². The number of carbonyl (C=O) groups is 7. The van der Waals surface area contributed by atoms with E-state index in [4.69, 9.17) is 59.3 Å². The van der Waals surface area contributed by atoms with Gasteiger partial charge in [-0.2, -0.15) is 19.2 Å². The molecule has 3 fully saturated rings. The second kappa shape index (κ2) is 41.7. The summed E-state index contributed by atoms with van der Waals surface area (Å²) < 4.78 is 18.7. The van der Waals surface area contributed by atoms with Crippen molar-refractivity contribution < 1.29 is 113 Å². The number of carboxylic acids is 1. The molecule has 11 rings (SSSR count). The van der Waals surface area contributed by atoms with Crippen LogP contribution < -0.4 is 5.32 Å². The van der Waals surface area contributed by atoms with E-state index in [-0.39, 0.29) is 56.6 Å². The number of likely N-dealkylation sites (N-methyl/N-ethyl adjacent to an activating group) is 8. The van der Waals surface area contributed by atoms with Gasteiger partial charge < -0.3 is 105 Å². The number of hydrogen-bond donors (Lipinski definition) is 11. The first-order chi connectivity index (χ1) is 50.1. The Kier molecular flexibility index (Phi) is 34.2. The smallest absolute Gasteiger partial charge is 0.411 e. The zero-order chi connectivity index (χ0) is 79.4. The van der Waals surface area contributed by atoms with E-state index in [9.17, 15) is 48.9 Å². The normalized spacial score (nSPS) is 19.0. The molecule has 0 spiro atoms. The van der Waals surface area contributed by atoms with Crippen molar-refractivity contribution in [3.63, 3.8) is 0 Å². The number of nitrogens with zero attached hydrogens (tertiary/aromatic N) is 18. The first-order valence-electron chi connectivity index (χ1n) is 31.7. The predicted molar refractivity (Wildman–Crippen MR) is 364 cm³/mol. The van der Waals surface area contributed by atoms with Gasteiger partial charge >= 0.3 is 54.6 Å². The van der Waals surface area contributed by atoms with E-state index in [2.05, 4.69) is 54.9 Å². The molecule has 0 aromatic carbocycles. The Bertz CT molecular complexity index is 4260. The van der Waals surface area contributed by atoms with Gasteiger partial charge in [0.1, 0.15) is 67.6 Å². The van der Waals surface area contributed by atoms with Crippen LogP contribution in [0.15, 0.2) is 74.4 Å². The summed E-state index contributed by atoms with van der Waals surface area (Å²) in [5, 5.41) is 89.1. The Morgan fingerprint density at radius 3 is 1.32 bits per heavy atom. The van der Waals surface area contributed by atoms with Crippen LogP contribution in [0.1, 0.15) is 22.8 Å². The van der Waals surface area contributed by atoms with Gasteiger partial charge in [0.15, 0.2) is 29.3 Å². The maximum Gasteiger partial charge on any atom is 0.411 e. The zero-order valence-corrected chi connectivity index (χ0v) is 59.8. The number of carboxylic acid groups (broad SMARTS) is 2. The minimum absolute atomic E-state index is 0.0185. The molecule has 0 aliphatic carbocycles. The molecule has 3 aliphatic heterocycles. The number of urea groups is 1. The molecule has 43 heteroatoms. The summed E-state index contributed by atoms with van der Waals surface area (Å²) in [6.45, 7) is 11.2. The van der Waals surface area contributed by atoms with Crippen LogP contribution in [0.4, 0.5) is 28.8 Å². The number of hydrogen-bond acceptors (Lipinski definition) is 30. The highest BCUT2D eigenvalue weighted by molar-refractivity contribution is 5.92. The topological polar surface area (TPSA) is 566 Å². The van der Waals surface area contributed by atoms with Crippen LogP contribution in [-0.2, 0) is 38.2 Å². The summed E-state index contributed by atoms with van der Waals surface area (Å²) in [5.74, 6) is -1.60. The molecule has 11 N–H and O–H groups in total. The molecular formula is C63H86N20O23. The highest BCUT2D eigenvalue weighted by Crippen LogP contribution is 2.24. The van der Waals surface area contributed by atoms with Crippen molar-refractivity contribution in [2.45, 2.75) is 83.0 Å². The second-order valence-electron chi connectivity index (χ2n) is 23.4. The van der Waals surface area contributed by atoms with Gasteiger partial charge in [-0.05, 0) is 59.0 Å². The van der Waals surface area contributed by atoms with Gasteiger partial charge in [0.2, 0.25) is 6.29 Å². The van der Waals surface area contributed by atoms with Crippen LogP contribution in [0.2, 0.25) is 0 Å². The summed E-state index contributed by atoms with van der Waals surface area (Å²) in [7, 11) is 13.2. The van der Waals surface area contributed by atoms with Gasteiger partial charge in [-0.1, -0.05) is 0 Å². The standard InChI is InChI=1S/C19H25N5O9.C13H17N5O3.C12H17N5O.C7H7N3.C5H10N2O.C5H10O5.2CO2/c1-9-10-4-5-24(15(10)21-8-20-9)18(30)22(2)6-7-23(3)19(31)33-17-13(27)11(25)12(26)14(32-17)16(28)29;1-9-10-4-5-18(11(10)15-8-14-9)12(19)16(2)6-7-17(3)13(20)21;1-9-10-4-6-17(11(10)15-8-14-9)12(18)16(3)7-5-13-2;1-5-6-2-3-8-7(6)10-4-9-5;1-6-3-4-7(2)5(6)8;6-2-1-10-5(9)4(8)3(2)7;2*2-1-3/h4-5,8,11-14,17,25-27H,6-7H2,1-3H3,(H,28,29);4-5,8H,6-7H2,1-3H3,(H,20,21);4,6,8,13H,5,7H2,1-3H3;2-4H,1H3,(H,8,9,10);3-4H2,1-2H3;2-9H,1H2;;/t11-,12-,13+,14-,17-;;;;;2-,3+,4-,5?;;/m0....1../s1. The van der Waals surface area contributed by atoms with E-state index in [1.165, 1.54) is 59.1 Å². The fourth-order valence-electron chi connectivity index (χ4n) is 9.52. The van der Waals surface area contributed by atoms with Crippen LogP contribution in [-0.4, -0.2) is 364 Å². The van der Waals surface area contributed by atoms with E-state index >= 15 is 0 Å². The van der Waals surface area contributed by atoms with Gasteiger partial charge in [0, 0.05) is 148 Å².